The smallest absolute Gasteiger partial charge is 0.191 e. The van der Waals surface area contributed by atoms with Gasteiger partial charge < -0.3 is 15.2 Å². The first-order chi connectivity index (χ1) is 13.7. The van der Waals surface area contributed by atoms with Crippen LogP contribution in [0.5, 0.6) is 0 Å². The molecule has 8 heteroatoms. The number of aromatic nitrogens is 3. The van der Waals surface area contributed by atoms with Gasteiger partial charge in [-0.15, -0.1) is 34.2 Å². The number of halogens is 1. The molecule has 7 nitrogen and oxygen atoms in total. The van der Waals surface area contributed by atoms with E-state index in [1.165, 1.54) is 11.1 Å². The van der Waals surface area contributed by atoms with E-state index >= 15 is 0 Å². The molecule has 1 aromatic carbocycles. The van der Waals surface area contributed by atoms with Gasteiger partial charge in [-0.05, 0) is 31.1 Å². The van der Waals surface area contributed by atoms with Gasteiger partial charge >= 0.3 is 0 Å². The van der Waals surface area contributed by atoms with Crippen molar-refractivity contribution in [2.45, 2.75) is 53.8 Å². The quantitative estimate of drug-likeness (QED) is 0.275. The maximum atomic E-state index is 4.80. The van der Waals surface area contributed by atoms with Crippen LogP contribution < -0.4 is 10.6 Å². The maximum absolute atomic E-state index is 4.80. The van der Waals surface area contributed by atoms with E-state index in [-0.39, 0.29) is 24.0 Å². The fourth-order valence-electron chi connectivity index (χ4n) is 3.09. The summed E-state index contributed by atoms with van der Waals surface area (Å²) in [6.07, 6.45) is 2.67. The van der Waals surface area contributed by atoms with Crippen molar-refractivity contribution < 1.29 is 0 Å². The van der Waals surface area contributed by atoms with Crippen LogP contribution in [0.1, 0.15) is 44.6 Å². The Bertz CT molecular complexity index is 725. The van der Waals surface area contributed by atoms with Gasteiger partial charge in [0.05, 0.1) is 6.54 Å². The number of guanidine groups is 1. The Hall–Kier alpha value is -1.68. The molecule has 0 fully saturated rings. The molecule has 29 heavy (non-hydrogen) atoms. The summed E-state index contributed by atoms with van der Waals surface area (Å²) in [6, 6.07) is 8.59. The largest absolute Gasteiger partial charge is 0.357 e. The second-order valence-corrected chi connectivity index (χ2v) is 6.65. The molecule has 0 atom stereocenters. The third kappa shape index (κ3) is 8.30. The van der Waals surface area contributed by atoms with Crippen molar-refractivity contribution in [3.63, 3.8) is 0 Å². The molecule has 0 amide bonds. The van der Waals surface area contributed by atoms with Gasteiger partial charge in [0.25, 0.3) is 0 Å². The summed E-state index contributed by atoms with van der Waals surface area (Å²) in [7, 11) is 0. The van der Waals surface area contributed by atoms with Gasteiger partial charge in [0, 0.05) is 32.6 Å². The molecule has 162 valence electrons. The second-order valence-electron chi connectivity index (χ2n) is 6.65. The minimum absolute atomic E-state index is 0. The summed E-state index contributed by atoms with van der Waals surface area (Å²) >= 11 is 0. The van der Waals surface area contributed by atoms with Gasteiger partial charge in [-0.1, -0.05) is 45.0 Å². The SMILES string of the molecule is CCNC(=NCc1ccccc1CN(CC)CC)NCCn1cnnc1CC.I. The minimum Gasteiger partial charge on any atom is -0.357 e. The van der Waals surface area contributed by atoms with Crippen LogP contribution in [0.4, 0.5) is 0 Å². The molecule has 0 saturated heterocycles. The predicted molar refractivity (Wildman–Crippen MR) is 131 cm³/mol. The van der Waals surface area contributed by atoms with Gasteiger partial charge in [0.1, 0.15) is 12.2 Å². The molecule has 2 aromatic rings. The van der Waals surface area contributed by atoms with E-state index in [0.29, 0.717) is 6.54 Å². The molecular weight excluding hydrogens is 477 g/mol. The van der Waals surface area contributed by atoms with Crippen LogP contribution >= 0.6 is 24.0 Å². The van der Waals surface area contributed by atoms with Crippen molar-refractivity contribution in [2.75, 3.05) is 26.2 Å². The lowest BCUT2D eigenvalue weighted by atomic mass is 10.1. The summed E-state index contributed by atoms with van der Waals surface area (Å²) in [4.78, 5) is 7.23. The predicted octanol–water partition coefficient (Wildman–Crippen LogP) is 3.06. The Labute approximate surface area is 192 Å². The first-order valence-corrected chi connectivity index (χ1v) is 10.4. The van der Waals surface area contributed by atoms with Crippen molar-refractivity contribution in [1.82, 2.24) is 30.3 Å². The Morgan fingerprint density at radius 2 is 1.79 bits per heavy atom. The van der Waals surface area contributed by atoms with E-state index in [1.807, 2.05) is 0 Å². The van der Waals surface area contributed by atoms with Crippen LogP contribution in [0.25, 0.3) is 0 Å². The number of benzene rings is 1. The normalized spacial score (nSPS) is 11.4. The number of hydrogen-bond acceptors (Lipinski definition) is 4. The molecule has 0 radical (unpaired) electrons. The molecule has 0 aliphatic rings. The zero-order valence-electron chi connectivity index (χ0n) is 18.2. The van der Waals surface area contributed by atoms with Crippen LogP contribution in [-0.2, 0) is 26.1 Å². The Morgan fingerprint density at radius 3 is 2.45 bits per heavy atom. The third-order valence-corrected chi connectivity index (χ3v) is 4.82. The molecule has 0 spiro atoms. The maximum Gasteiger partial charge on any atom is 0.191 e. The second kappa shape index (κ2) is 14.3. The fourth-order valence-corrected chi connectivity index (χ4v) is 3.09. The van der Waals surface area contributed by atoms with Gasteiger partial charge in [-0.3, -0.25) is 4.90 Å². The van der Waals surface area contributed by atoms with E-state index in [9.17, 15) is 0 Å². The molecule has 0 saturated carbocycles. The third-order valence-electron chi connectivity index (χ3n) is 4.82. The van der Waals surface area contributed by atoms with E-state index in [2.05, 4.69) is 82.3 Å². The molecule has 1 heterocycles. The van der Waals surface area contributed by atoms with Gasteiger partial charge in [-0.2, -0.15) is 0 Å². The number of aliphatic imine (C=N–C) groups is 1. The number of nitrogens with zero attached hydrogens (tertiary/aromatic N) is 5. The van der Waals surface area contributed by atoms with Gasteiger partial charge in [0.2, 0.25) is 0 Å². The van der Waals surface area contributed by atoms with E-state index in [1.54, 1.807) is 6.33 Å². The van der Waals surface area contributed by atoms with Gasteiger partial charge in [0.15, 0.2) is 5.96 Å². The van der Waals surface area contributed by atoms with Crippen LogP contribution in [-0.4, -0.2) is 51.8 Å². The summed E-state index contributed by atoms with van der Waals surface area (Å²) in [5, 5.41) is 14.9. The number of aryl methyl sites for hydroxylation is 1. The van der Waals surface area contributed by atoms with Crippen molar-refractivity contribution in [1.29, 1.82) is 0 Å². The highest BCUT2D eigenvalue weighted by Crippen LogP contribution is 2.13. The van der Waals surface area contributed by atoms with E-state index < -0.39 is 0 Å². The molecule has 0 aliphatic carbocycles. The summed E-state index contributed by atoms with van der Waals surface area (Å²) in [5.74, 6) is 1.85. The zero-order valence-corrected chi connectivity index (χ0v) is 20.5. The standard InChI is InChI=1S/C21H35N7.HI/c1-5-20-26-25-17-28(20)14-13-23-21(22-6-2)24-15-18-11-9-10-12-19(18)16-27(7-3)8-4;/h9-12,17H,5-8,13-16H2,1-4H3,(H2,22,23,24);1H. The minimum atomic E-state index is 0. The van der Waals surface area contributed by atoms with Crippen LogP contribution in [0, 0.1) is 0 Å². The summed E-state index contributed by atoms with van der Waals surface area (Å²) in [5.41, 5.74) is 2.63. The first-order valence-electron chi connectivity index (χ1n) is 10.4. The number of rotatable bonds is 11. The van der Waals surface area contributed by atoms with Crippen LogP contribution in [0.2, 0.25) is 0 Å². The molecule has 0 bridgehead atoms. The van der Waals surface area contributed by atoms with Crippen LogP contribution in [0.3, 0.4) is 0 Å². The Balaban J connectivity index is 0.00000420. The number of hydrogen-bond donors (Lipinski definition) is 2. The Kier molecular flexibility index (Phi) is 12.5. The van der Waals surface area contributed by atoms with Crippen molar-refractivity contribution in [3.05, 3.63) is 47.5 Å². The van der Waals surface area contributed by atoms with Crippen molar-refractivity contribution >= 4 is 29.9 Å². The number of nitrogens with one attached hydrogen (secondary N) is 2. The highest BCUT2D eigenvalue weighted by atomic mass is 127. The first kappa shape index (κ1) is 25.4. The zero-order chi connectivity index (χ0) is 20.2. The van der Waals surface area contributed by atoms with Crippen LogP contribution in [0.15, 0.2) is 35.6 Å². The van der Waals surface area contributed by atoms with Gasteiger partial charge in [-0.25, -0.2) is 4.99 Å². The molecule has 0 aliphatic heterocycles. The lowest BCUT2D eigenvalue weighted by Gasteiger charge is -2.20. The fraction of sp³-hybridized carbons (Fsp3) is 0.571. The highest BCUT2D eigenvalue weighted by molar-refractivity contribution is 14.0. The lowest BCUT2D eigenvalue weighted by Crippen LogP contribution is -2.39. The topological polar surface area (TPSA) is 70.4 Å². The lowest BCUT2D eigenvalue weighted by molar-refractivity contribution is 0.295. The monoisotopic (exact) mass is 513 g/mol. The molecule has 0 unspecified atom stereocenters. The highest BCUT2D eigenvalue weighted by Gasteiger charge is 2.07. The summed E-state index contributed by atoms with van der Waals surface area (Å²) < 4.78 is 2.08. The average molecular weight is 513 g/mol. The molecule has 2 rings (SSSR count). The van der Waals surface area contributed by atoms with E-state index in [4.69, 9.17) is 4.99 Å². The van der Waals surface area contributed by atoms with Crippen molar-refractivity contribution in [3.8, 4) is 0 Å². The molecule has 2 N–H and O–H groups in total. The molecule has 1 aromatic heterocycles. The molecular formula is C21H36IN7. The Morgan fingerprint density at radius 1 is 1.07 bits per heavy atom. The average Bonchev–Trinajstić information content (AvgIpc) is 3.18. The van der Waals surface area contributed by atoms with E-state index in [0.717, 1.165) is 57.5 Å². The van der Waals surface area contributed by atoms with Crippen molar-refractivity contribution in [2.24, 2.45) is 4.99 Å². The summed E-state index contributed by atoms with van der Waals surface area (Å²) in [6.45, 7) is 14.8.